The summed E-state index contributed by atoms with van der Waals surface area (Å²) in [5.41, 5.74) is 0. The smallest absolute Gasteiger partial charge is 0.268 e. The third-order valence-corrected chi connectivity index (χ3v) is 13.0. The molecular weight excluding hydrogens is 768 g/mol. The Morgan fingerprint density at radius 2 is 0.917 bits per heavy atom. The van der Waals surface area contributed by atoms with Crippen molar-refractivity contribution < 1.29 is 32.9 Å². The minimum absolute atomic E-state index is 0.0140. The minimum Gasteiger partial charge on any atom is -0.756 e. The first-order valence-corrected chi connectivity index (χ1v) is 27.5. The molecule has 0 rings (SSSR count). The van der Waals surface area contributed by atoms with Gasteiger partial charge in [0, 0.05) is 6.42 Å². The van der Waals surface area contributed by atoms with Crippen molar-refractivity contribution >= 4 is 13.7 Å². The van der Waals surface area contributed by atoms with Crippen LogP contribution in [0.2, 0.25) is 0 Å². The largest absolute Gasteiger partial charge is 0.756 e. The number of likely N-dealkylation sites (N-methyl/N-ethyl adjacent to an activating group) is 1. The molecule has 0 heterocycles. The van der Waals surface area contributed by atoms with E-state index in [1.165, 1.54) is 193 Å². The topological polar surface area (TPSA) is 108 Å². The number of hydrogen-bond acceptors (Lipinski definition) is 6. The SMILES string of the molecule is CCCCCCCCCCCCCC/C=C\CCCCCCCCCCCCC(=O)NC(COP(=O)([O-])OCC[N+](C)(C)C)C(O)CCCCCCCCCCCCCC. The van der Waals surface area contributed by atoms with E-state index in [9.17, 15) is 19.4 Å². The number of allylic oxidation sites excluding steroid dienone is 2. The van der Waals surface area contributed by atoms with Crippen molar-refractivity contribution in [3.05, 3.63) is 12.2 Å². The van der Waals surface area contributed by atoms with Gasteiger partial charge in [-0.25, -0.2) is 0 Å². The lowest BCUT2D eigenvalue weighted by Gasteiger charge is -2.30. The highest BCUT2D eigenvalue weighted by Crippen LogP contribution is 2.38. The van der Waals surface area contributed by atoms with Crippen molar-refractivity contribution in [2.75, 3.05) is 40.9 Å². The zero-order chi connectivity index (χ0) is 44.3. The van der Waals surface area contributed by atoms with E-state index in [4.69, 9.17) is 9.05 Å². The maximum absolute atomic E-state index is 12.9. The summed E-state index contributed by atoms with van der Waals surface area (Å²) in [4.78, 5) is 25.4. The Bertz CT molecular complexity index is 989. The van der Waals surface area contributed by atoms with Gasteiger partial charge in [-0.15, -0.1) is 0 Å². The van der Waals surface area contributed by atoms with Crippen LogP contribution in [0, 0.1) is 0 Å². The standard InChI is InChI=1S/C51H103N2O6P/c1-6-8-10-12-14-16-18-20-21-22-23-24-25-26-27-28-29-30-31-32-33-35-37-39-41-43-45-51(55)52-49(48-59-60(56,57)58-47-46-53(3,4)5)50(54)44-42-40-38-36-34-19-17-15-13-11-9-7-2/h26-27,49-50,54H,6-25,28-48H2,1-5H3,(H-,52,55,56,57)/b27-26-. The van der Waals surface area contributed by atoms with Crippen LogP contribution in [0.1, 0.15) is 258 Å². The van der Waals surface area contributed by atoms with Crippen molar-refractivity contribution in [3.63, 3.8) is 0 Å². The number of aliphatic hydroxyl groups is 1. The van der Waals surface area contributed by atoms with Crippen molar-refractivity contribution in [2.45, 2.75) is 270 Å². The molecule has 9 heteroatoms. The Balaban J connectivity index is 4.10. The number of quaternary nitrogens is 1. The highest BCUT2D eigenvalue weighted by atomic mass is 31.2. The molecule has 358 valence electrons. The fraction of sp³-hybridized carbons (Fsp3) is 0.941. The maximum atomic E-state index is 12.9. The molecule has 60 heavy (non-hydrogen) atoms. The van der Waals surface area contributed by atoms with Gasteiger partial charge in [0.1, 0.15) is 13.2 Å². The molecule has 0 aromatic heterocycles. The predicted molar refractivity (Wildman–Crippen MR) is 256 cm³/mol. The number of hydrogen-bond donors (Lipinski definition) is 2. The van der Waals surface area contributed by atoms with Gasteiger partial charge < -0.3 is 28.8 Å². The summed E-state index contributed by atoms with van der Waals surface area (Å²) in [6.45, 7) is 4.74. The summed E-state index contributed by atoms with van der Waals surface area (Å²) in [7, 11) is 1.31. The lowest BCUT2D eigenvalue weighted by molar-refractivity contribution is -0.870. The predicted octanol–water partition coefficient (Wildman–Crippen LogP) is 14.5. The normalized spacial score (nSPS) is 14.2. The first-order valence-electron chi connectivity index (χ1n) is 26.0. The summed E-state index contributed by atoms with van der Waals surface area (Å²) < 4.78 is 23.3. The maximum Gasteiger partial charge on any atom is 0.268 e. The van der Waals surface area contributed by atoms with E-state index in [2.05, 4.69) is 31.3 Å². The third-order valence-electron chi connectivity index (χ3n) is 12.0. The molecule has 8 nitrogen and oxygen atoms in total. The second-order valence-electron chi connectivity index (χ2n) is 19.2. The van der Waals surface area contributed by atoms with Crippen LogP contribution < -0.4 is 10.2 Å². The summed E-state index contributed by atoms with van der Waals surface area (Å²) in [5.74, 6) is -0.164. The zero-order valence-electron chi connectivity index (χ0n) is 40.7. The van der Waals surface area contributed by atoms with Gasteiger partial charge in [0.25, 0.3) is 7.82 Å². The van der Waals surface area contributed by atoms with Crippen LogP contribution in [-0.2, 0) is 18.4 Å². The van der Waals surface area contributed by atoms with Gasteiger partial charge in [0.2, 0.25) is 5.91 Å². The Morgan fingerprint density at radius 3 is 1.30 bits per heavy atom. The Kier molecular flexibility index (Phi) is 42.9. The van der Waals surface area contributed by atoms with Gasteiger partial charge in [-0.05, 0) is 38.5 Å². The summed E-state index contributed by atoms with van der Waals surface area (Å²) in [5, 5.41) is 13.9. The van der Waals surface area contributed by atoms with Crippen molar-refractivity contribution in [2.24, 2.45) is 0 Å². The van der Waals surface area contributed by atoms with Crippen LogP contribution in [0.4, 0.5) is 0 Å². The molecule has 1 amide bonds. The monoisotopic (exact) mass is 871 g/mol. The Morgan fingerprint density at radius 1 is 0.567 bits per heavy atom. The van der Waals surface area contributed by atoms with Crippen molar-refractivity contribution in [1.29, 1.82) is 0 Å². The Labute approximate surface area is 373 Å². The van der Waals surface area contributed by atoms with Gasteiger partial charge in [-0.2, -0.15) is 0 Å². The molecule has 3 unspecified atom stereocenters. The third kappa shape index (κ3) is 45.3. The molecule has 0 aromatic carbocycles. The van der Waals surface area contributed by atoms with E-state index in [0.717, 1.165) is 38.5 Å². The molecular formula is C51H103N2O6P. The number of nitrogens with one attached hydrogen (secondary N) is 1. The fourth-order valence-electron chi connectivity index (χ4n) is 7.86. The van der Waals surface area contributed by atoms with Gasteiger partial charge in [0.15, 0.2) is 0 Å². The molecule has 0 saturated heterocycles. The lowest BCUT2D eigenvalue weighted by atomic mass is 10.0. The lowest BCUT2D eigenvalue weighted by Crippen LogP contribution is -2.46. The molecule has 0 radical (unpaired) electrons. The van der Waals surface area contributed by atoms with E-state index < -0.39 is 20.0 Å². The minimum atomic E-state index is -4.56. The fourth-order valence-corrected chi connectivity index (χ4v) is 8.58. The number of nitrogens with zero attached hydrogens (tertiary/aromatic N) is 1. The van der Waals surface area contributed by atoms with Crippen LogP contribution in [0.5, 0.6) is 0 Å². The van der Waals surface area contributed by atoms with Crippen LogP contribution >= 0.6 is 7.82 Å². The average molecular weight is 871 g/mol. The molecule has 0 aliphatic carbocycles. The molecule has 3 atom stereocenters. The highest BCUT2D eigenvalue weighted by Gasteiger charge is 2.24. The number of carbonyl (C=O) groups excluding carboxylic acids is 1. The number of unbranched alkanes of at least 4 members (excludes halogenated alkanes) is 33. The van der Waals surface area contributed by atoms with Gasteiger partial charge in [-0.1, -0.05) is 225 Å². The molecule has 0 fully saturated rings. The first-order chi connectivity index (χ1) is 29.0. The van der Waals surface area contributed by atoms with Crippen molar-refractivity contribution in [1.82, 2.24) is 5.32 Å². The van der Waals surface area contributed by atoms with E-state index in [0.29, 0.717) is 23.9 Å². The van der Waals surface area contributed by atoms with Crippen LogP contribution in [0.25, 0.3) is 0 Å². The van der Waals surface area contributed by atoms with E-state index >= 15 is 0 Å². The number of phosphoric ester groups is 1. The second-order valence-corrected chi connectivity index (χ2v) is 20.6. The number of rotatable bonds is 48. The molecule has 0 aliphatic heterocycles. The number of aliphatic hydroxyl groups excluding tert-OH is 1. The van der Waals surface area contributed by atoms with Crippen LogP contribution in [0.15, 0.2) is 12.2 Å². The zero-order valence-corrected chi connectivity index (χ0v) is 41.6. The Hall–Kier alpha value is -0.760. The molecule has 0 aliphatic rings. The van der Waals surface area contributed by atoms with E-state index in [-0.39, 0.29) is 19.1 Å². The van der Waals surface area contributed by atoms with E-state index in [1.54, 1.807) is 0 Å². The summed E-state index contributed by atoms with van der Waals surface area (Å²) in [6, 6.07) is -0.797. The number of phosphoric acid groups is 1. The summed E-state index contributed by atoms with van der Waals surface area (Å²) >= 11 is 0. The first kappa shape index (κ1) is 59.2. The van der Waals surface area contributed by atoms with Gasteiger partial charge in [-0.3, -0.25) is 9.36 Å². The molecule has 0 saturated carbocycles. The number of amides is 1. The van der Waals surface area contributed by atoms with Crippen molar-refractivity contribution in [3.8, 4) is 0 Å². The summed E-state index contributed by atoms with van der Waals surface area (Å²) in [6.07, 6.45) is 50.9. The molecule has 0 spiro atoms. The molecule has 0 aromatic rings. The van der Waals surface area contributed by atoms with Gasteiger partial charge in [0.05, 0.1) is 39.9 Å². The van der Waals surface area contributed by atoms with Gasteiger partial charge >= 0.3 is 0 Å². The molecule has 2 N–H and O–H groups in total. The second kappa shape index (κ2) is 43.5. The average Bonchev–Trinajstić information content (AvgIpc) is 3.20. The van der Waals surface area contributed by atoms with Crippen LogP contribution in [0.3, 0.4) is 0 Å². The van der Waals surface area contributed by atoms with E-state index in [1.807, 2.05) is 21.1 Å². The highest BCUT2D eigenvalue weighted by molar-refractivity contribution is 7.45. The molecule has 0 bridgehead atoms. The number of carbonyl (C=O) groups is 1. The van der Waals surface area contributed by atoms with Crippen LogP contribution in [-0.4, -0.2) is 68.5 Å². The quantitative estimate of drug-likeness (QED) is 0.0273.